The zero-order valence-corrected chi connectivity index (χ0v) is 10.2. The lowest BCUT2D eigenvalue weighted by Gasteiger charge is -2.07. The minimum Gasteiger partial charge on any atom is -0.491 e. The summed E-state index contributed by atoms with van der Waals surface area (Å²) in [6, 6.07) is 3.32. The lowest BCUT2D eigenvalue weighted by molar-refractivity contribution is 0.0685. The van der Waals surface area contributed by atoms with Crippen molar-refractivity contribution < 1.29 is 14.6 Å². The number of ether oxygens (including phenoxy) is 1. The number of unbranched alkanes of at least 4 members (excludes halogenated alkanes) is 4. The van der Waals surface area contributed by atoms with Crippen molar-refractivity contribution in [2.24, 2.45) is 0 Å². The molecular weight excluding hydrogens is 218 g/mol. The van der Waals surface area contributed by atoms with E-state index in [1.807, 2.05) is 0 Å². The molecule has 0 amide bonds. The standard InChI is InChI=1S/C13H19NO3/c1-2-3-4-5-6-10-17-11-8-7-9-14-12(11)13(15)16/h7-9H,2-6,10H2,1H3,(H,15,16). The number of carboxylic acids is 1. The number of rotatable bonds is 8. The van der Waals surface area contributed by atoms with Crippen LogP contribution in [0.4, 0.5) is 0 Å². The van der Waals surface area contributed by atoms with Crippen molar-refractivity contribution in [2.75, 3.05) is 6.61 Å². The number of carboxylic acid groups (broad SMARTS) is 1. The molecule has 0 spiro atoms. The largest absolute Gasteiger partial charge is 0.491 e. The predicted octanol–water partition coefficient (Wildman–Crippen LogP) is 3.13. The van der Waals surface area contributed by atoms with E-state index in [2.05, 4.69) is 11.9 Å². The lowest BCUT2D eigenvalue weighted by Crippen LogP contribution is -2.06. The molecule has 0 saturated carbocycles. The molecule has 0 atom stereocenters. The van der Waals surface area contributed by atoms with Gasteiger partial charge in [-0.15, -0.1) is 0 Å². The first-order chi connectivity index (χ1) is 8.25. The molecule has 0 aliphatic carbocycles. The maximum absolute atomic E-state index is 10.9. The summed E-state index contributed by atoms with van der Waals surface area (Å²) >= 11 is 0. The molecule has 0 bridgehead atoms. The highest BCUT2D eigenvalue weighted by Crippen LogP contribution is 2.15. The normalized spacial score (nSPS) is 10.2. The molecule has 0 radical (unpaired) electrons. The minimum absolute atomic E-state index is 0.0129. The van der Waals surface area contributed by atoms with E-state index >= 15 is 0 Å². The maximum Gasteiger partial charge on any atom is 0.358 e. The highest BCUT2D eigenvalue weighted by molar-refractivity contribution is 5.88. The van der Waals surface area contributed by atoms with E-state index in [0.717, 1.165) is 12.8 Å². The molecule has 1 N–H and O–H groups in total. The van der Waals surface area contributed by atoms with Gasteiger partial charge >= 0.3 is 5.97 Å². The quantitative estimate of drug-likeness (QED) is 0.706. The Morgan fingerprint density at radius 3 is 2.82 bits per heavy atom. The van der Waals surface area contributed by atoms with E-state index < -0.39 is 5.97 Å². The first-order valence-electron chi connectivity index (χ1n) is 6.06. The van der Waals surface area contributed by atoms with Gasteiger partial charge < -0.3 is 9.84 Å². The molecule has 1 aromatic heterocycles. The molecule has 94 valence electrons. The Labute approximate surface area is 102 Å². The summed E-state index contributed by atoms with van der Waals surface area (Å²) in [5, 5.41) is 8.90. The minimum atomic E-state index is -1.05. The predicted molar refractivity (Wildman–Crippen MR) is 65.5 cm³/mol. The summed E-state index contributed by atoms with van der Waals surface area (Å²) in [4.78, 5) is 14.6. The lowest BCUT2D eigenvalue weighted by atomic mass is 10.2. The summed E-state index contributed by atoms with van der Waals surface area (Å²) in [7, 11) is 0. The van der Waals surface area contributed by atoms with Crippen LogP contribution in [0.1, 0.15) is 49.5 Å². The van der Waals surface area contributed by atoms with Gasteiger partial charge in [0.2, 0.25) is 0 Å². The van der Waals surface area contributed by atoms with E-state index in [1.165, 1.54) is 25.5 Å². The van der Waals surface area contributed by atoms with Crippen molar-refractivity contribution in [3.05, 3.63) is 24.0 Å². The van der Waals surface area contributed by atoms with Crippen LogP contribution in [0.5, 0.6) is 5.75 Å². The molecular formula is C13H19NO3. The van der Waals surface area contributed by atoms with Crippen LogP contribution in [-0.2, 0) is 0 Å². The Kier molecular flexibility index (Phi) is 6.07. The number of carbonyl (C=O) groups is 1. The topological polar surface area (TPSA) is 59.4 Å². The van der Waals surface area contributed by atoms with Gasteiger partial charge in [-0.05, 0) is 18.6 Å². The van der Waals surface area contributed by atoms with Gasteiger partial charge in [0.1, 0.15) is 0 Å². The molecule has 4 nitrogen and oxygen atoms in total. The fourth-order valence-corrected chi connectivity index (χ4v) is 1.56. The Morgan fingerprint density at radius 2 is 2.12 bits per heavy atom. The van der Waals surface area contributed by atoms with Crippen LogP contribution in [0.3, 0.4) is 0 Å². The van der Waals surface area contributed by atoms with Gasteiger partial charge in [0.15, 0.2) is 11.4 Å². The Bertz CT molecular complexity index is 352. The summed E-state index contributed by atoms with van der Waals surface area (Å²) in [6.45, 7) is 2.72. The van der Waals surface area contributed by atoms with Gasteiger partial charge in [0.25, 0.3) is 0 Å². The highest BCUT2D eigenvalue weighted by Gasteiger charge is 2.11. The monoisotopic (exact) mass is 237 g/mol. The van der Waals surface area contributed by atoms with E-state index in [4.69, 9.17) is 9.84 Å². The SMILES string of the molecule is CCCCCCCOc1cccnc1C(=O)O. The third-order valence-corrected chi connectivity index (χ3v) is 2.48. The van der Waals surface area contributed by atoms with Crippen LogP contribution in [0.25, 0.3) is 0 Å². The van der Waals surface area contributed by atoms with Crippen molar-refractivity contribution >= 4 is 5.97 Å². The zero-order chi connectivity index (χ0) is 12.5. The Balaban J connectivity index is 2.34. The van der Waals surface area contributed by atoms with Crippen molar-refractivity contribution in [3.8, 4) is 5.75 Å². The second-order valence-electron chi connectivity index (χ2n) is 3.92. The van der Waals surface area contributed by atoms with Crippen molar-refractivity contribution in [3.63, 3.8) is 0 Å². The van der Waals surface area contributed by atoms with E-state index in [9.17, 15) is 4.79 Å². The van der Waals surface area contributed by atoms with Gasteiger partial charge in [0.05, 0.1) is 6.61 Å². The fourth-order valence-electron chi connectivity index (χ4n) is 1.56. The Hall–Kier alpha value is -1.58. The second kappa shape index (κ2) is 7.65. The van der Waals surface area contributed by atoms with Crippen molar-refractivity contribution in [1.29, 1.82) is 0 Å². The number of aromatic nitrogens is 1. The van der Waals surface area contributed by atoms with E-state index in [1.54, 1.807) is 12.1 Å². The Morgan fingerprint density at radius 1 is 1.35 bits per heavy atom. The molecule has 1 aromatic rings. The van der Waals surface area contributed by atoms with Crippen LogP contribution in [0, 0.1) is 0 Å². The van der Waals surface area contributed by atoms with Crippen LogP contribution in [0.15, 0.2) is 18.3 Å². The molecule has 1 heterocycles. The molecule has 1 rings (SSSR count). The molecule has 0 aliphatic heterocycles. The molecule has 0 aromatic carbocycles. The average Bonchev–Trinajstić information content (AvgIpc) is 2.34. The van der Waals surface area contributed by atoms with Crippen molar-refractivity contribution in [2.45, 2.75) is 39.0 Å². The summed E-state index contributed by atoms with van der Waals surface area (Å²) in [6.07, 6.45) is 7.20. The second-order valence-corrected chi connectivity index (χ2v) is 3.92. The van der Waals surface area contributed by atoms with Gasteiger partial charge in [-0.2, -0.15) is 0 Å². The number of hydrogen-bond donors (Lipinski definition) is 1. The van der Waals surface area contributed by atoms with Gasteiger partial charge in [-0.25, -0.2) is 9.78 Å². The number of pyridine rings is 1. The highest BCUT2D eigenvalue weighted by atomic mass is 16.5. The molecule has 4 heteroatoms. The number of nitrogens with zero attached hydrogens (tertiary/aromatic N) is 1. The van der Waals surface area contributed by atoms with Gasteiger partial charge in [0, 0.05) is 6.20 Å². The maximum atomic E-state index is 10.9. The molecule has 0 saturated heterocycles. The van der Waals surface area contributed by atoms with Gasteiger partial charge in [-0.3, -0.25) is 0 Å². The molecule has 0 fully saturated rings. The molecule has 17 heavy (non-hydrogen) atoms. The fraction of sp³-hybridized carbons (Fsp3) is 0.538. The first-order valence-corrected chi connectivity index (χ1v) is 6.06. The van der Waals surface area contributed by atoms with E-state index in [-0.39, 0.29) is 5.69 Å². The van der Waals surface area contributed by atoms with Crippen LogP contribution in [0.2, 0.25) is 0 Å². The molecule has 0 aliphatic rings. The van der Waals surface area contributed by atoms with Gasteiger partial charge in [-0.1, -0.05) is 32.6 Å². The third kappa shape index (κ3) is 4.85. The summed E-state index contributed by atoms with van der Waals surface area (Å²) in [5.41, 5.74) is -0.0129. The summed E-state index contributed by atoms with van der Waals surface area (Å²) in [5.74, 6) is -0.693. The third-order valence-electron chi connectivity index (χ3n) is 2.48. The zero-order valence-electron chi connectivity index (χ0n) is 10.2. The number of hydrogen-bond acceptors (Lipinski definition) is 3. The first kappa shape index (κ1) is 13.5. The number of aromatic carboxylic acids is 1. The smallest absolute Gasteiger partial charge is 0.358 e. The van der Waals surface area contributed by atoms with Crippen LogP contribution >= 0.6 is 0 Å². The molecule has 0 unspecified atom stereocenters. The van der Waals surface area contributed by atoms with Crippen LogP contribution in [-0.4, -0.2) is 22.7 Å². The average molecular weight is 237 g/mol. The summed E-state index contributed by atoms with van der Waals surface area (Å²) < 4.78 is 5.44. The van der Waals surface area contributed by atoms with Crippen LogP contribution < -0.4 is 4.74 Å². The van der Waals surface area contributed by atoms with Crippen molar-refractivity contribution in [1.82, 2.24) is 4.98 Å². The van der Waals surface area contributed by atoms with E-state index in [0.29, 0.717) is 12.4 Å².